The van der Waals surface area contributed by atoms with E-state index < -0.39 is 0 Å². The van der Waals surface area contributed by atoms with Crippen LogP contribution >= 0.6 is 0 Å². The Morgan fingerprint density at radius 2 is 2.12 bits per heavy atom. The fourth-order valence-electron chi connectivity index (χ4n) is 2.73. The zero-order valence-corrected chi connectivity index (χ0v) is 9.48. The minimum absolute atomic E-state index is 0.228. The molecule has 2 aromatic rings. The number of fused-ring (bicyclic) bond motifs is 1. The van der Waals surface area contributed by atoms with Crippen LogP contribution in [0.15, 0.2) is 18.5 Å². The van der Waals surface area contributed by atoms with Crippen molar-refractivity contribution in [3.05, 3.63) is 24.3 Å². The minimum Gasteiger partial charge on any atom is -0.329 e. The van der Waals surface area contributed by atoms with Crippen molar-refractivity contribution in [2.45, 2.75) is 31.2 Å². The summed E-state index contributed by atoms with van der Waals surface area (Å²) in [5.74, 6) is 1.01. The number of nitrogens with two attached hydrogens (primary N) is 1. The van der Waals surface area contributed by atoms with Crippen LogP contribution in [0.2, 0.25) is 0 Å². The van der Waals surface area contributed by atoms with E-state index >= 15 is 0 Å². The van der Waals surface area contributed by atoms with Gasteiger partial charge in [-0.2, -0.15) is 0 Å². The Morgan fingerprint density at radius 1 is 1.38 bits per heavy atom. The second-order valence-corrected chi connectivity index (χ2v) is 4.72. The first-order valence-corrected chi connectivity index (χ1v) is 5.76. The lowest BCUT2D eigenvalue weighted by Gasteiger charge is -2.22. The Kier molecular flexibility index (Phi) is 2.01. The molecular formula is C12H16N4. The van der Waals surface area contributed by atoms with Crippen LogP contribution in [0.5, 0.6) is 0 Å². The molecule has 0 aliphatic heterocycles. The number of hydrogen-bond acceptors (Lipinski definition) is 3. The van der Waals surface area contributed by atoms with E-state index in [1.165, 1.54) is 12.8 Å². The van der Waals surface area contributed by atoms with Gasteiger partial charge < -0.3 is 10.3 Å². The lowest BCUT2D eigenvalue weighted by molar-refractivity contribution is 0.420. The van der Waals surface area contributed by atoms with Crippen LogP contribution in [0.1, 0.15) is 31.5 Å². The molecule has 2 heterocycles. The predicted molar refractivity (Wildman–Crippen MR) is 62.8 cm³/mol. The molecule has 3 rings (SSSR count). The highest BCUT2D eigenvalue weighted by Crippen LogP contribution is 2.36. The van der Waals surface area contributed by atoms with Gasteiger partial charge in [0.1, 0.15) is 11.3 Å². The van der Waals surface area contributed by atoms with Gasteiger partial charge in [-0.15, -0.1) is 0 Å². The number of imidazole rings is 1. The number of hydrogen-bond donors (Lipinski definition) is 1. The molecule has 0 amide bonds. The van der Waals surface area contributed by atoms with Gasteiger partial charge in [-0.3, -0.25) is 4.98 Å². The maximum atomic E-state index is 6.44. The summed E-state index contributed by atoms with van der Waals surface area (Å²) in [4.78, 5) is 8.74. The number of rotatable bonds is 1. The van der Waals surface area contributed by atoms with Gasteiger partial charge in [0.15, 0.2) is 0 Å². The first kappa shape index (κ1) is 9.78. The Morgan fingerprint density at radius 3 is 2.81 bits per heavy atom. The molecule has 16 heavy (non-hydrogen) atoms. The second kappa shape index (κ2) is 3.28. The minimum atomic E-state index is -0.228. The number of pyridine rings is 1. The standard InChI is InChI=1S/C12H16N4/c1-16-10-4-7-14-8-9(10)15-11(16)12(13)5-2-3-6-12/h4,7-8H,2-3,5-6,13H2,1H3. The maximum absolute atomic E-state index is 6.44. The van der Waals surface area contributed by atoms with Crippen LogP contribution < -0.4 is 5.73 Å². The molecule has 4 heteroatoms. The smallest absolute Gasteiger partial charge is 0.129 e. The highest BCUT2D eigenvalue weighted by atomic mass is 15.1. The lowest BCUT2D eigenvalue weighted by Crippen LogP contribution is -2.36. The lowest BCUT2D eigenvalue weighted by atomic mass is 9.98. The number of nitrogens with zero attached hydrogens (tertiary/aromatic N) is 3. The van der Waals surface area contributed by atoms with Crippen LogP contribution in [0.3, 0.4) is 0 Å². The summed E-state index contributed by atoms with van der Waals surface area (Å²) >= 11 is 0. The van der Waals surface area contributed by atoms with Crippen molar-refractivity contribution in [2.24, 2.45) is 12.8 Å². The first-order chi connectivity index (χ1) is 7.71. The molecular weight excluding hydrogens is 200 g/mol. The SMILES string of the molecule is Cn1c(C2(N)CCCC2)nc2cnccc21. The van der Waals surface area contributed by atoms with Gasteiger partial charge in [-0.1, -0.05) is 12.8 Å². The van der Waals surface area contributed by atoms with Crippen molar-refractivity contribution in [3.63, 3.8) is 0 Å². The van der Waals surface area contributed by atoms with E-state index in [0.717, 1.165) is 29.7 Å². The van der Waals surface area contributed by atoms with Crippen LogP contribution in [0, 0.1) is 0 Å². The fourth-order valence-corrected chi connectivity index (χ4v) is 2.73. The van der Waals surface area contributed by atoms with Crippen LogP contribution in [-0.4, -0.2) is 14.5 Å². The molecule has 1 aliphatic carbocycles. The van der Waals surface area contributed by atoms with Crippen molar-refractivity contribution >= 4 is 11.0 Å². The fraction of sp³-hybridized carbons (Fsp3) is 0.500. The van der Waals surface area contributed by atoms with Gasteiger partial charge in [-0.25, -0.2) is 4.98 Å². The van der Waals surface area contributed by atoms with Crippen molar-refractivity contribution in [2.75, 3.05) is 0 Å². The largest absolute Gasteiger partial charge is 0.329 e. The van der Waals surface area contributed by atoms with Gasteiger partial charge in [0.25, 0.3) is 0 Å². The van der Waals surface area contributed by atoms with Crippen LogP contribution in [0.4, 0.5) is 0 Å². The molecule has 0 atom stereocenters. The van der Waals surface area contributed by atoms with E-state index in [9.17, 15) is 0 Å². The molecule has 0 saturated heterocycles. The molecule has 2 aromatic heterocycles. The van der Waals surface area contributed by atoms with E-state index in [1.54, 1.807) is 12.4 Å². The molecule has 0 bridgehead atoms. The Bertz CT molecular complexity index is 523. The predicted octanol–water partition coefficient (Wildman–Crippen LogP) is 1.70. The molecule has 0 spiro atoms. The molecule has 1 saturated carbocycles. The highest BCUT2D eigenvalue weighted by molar-refractivity contribution is 5.74. The quantitative estimate of drug-likeness (QED) is 0.789. The normalized spacial score (nSPS) is 19.4. The summed E-state index contributed by atoms with van der Waals surface area (Å²) in [5.41, 5.74) is 8.27. The van der Waals surface area contributed by atoms with Crippen LogP contribution in [0.25, 0.3) is 11.0 Å². The monoisotopic (exact) mass is 216 g/mol. The molecule has 1 fully saturated rings. The van der Waals surface area contributed by atoms with E-state index in [4.69, 9.17) is 5.73 Å². The maximum Gasteiger partial charge on any atom is 0.129 e. The third-order valence-corrected chi connectivity index (χ3v) is 3.62. The summed E-state index contributed by atoms with van der Waals surface area (Å²) in [6, 6.07) is 1.99. The van der Waals surface area contributed by atoms with E-state index in [0.29, 0.717) is 0 Å². The topological polar surface area (TPSA) is 56.7 Å². The zero-order chi connectivity index (χ0) is 11.2. The molecule has 2 N–H and O–H groups in total. The number of aromatic nitrogens is 3. The Labute approximate surface area is 94.5 Å². The van der Waals surface area contributed by atoms with Crippen molar-refractivity contribution in [3.8, 4) is 0 Å². The summed E-state index contributed by atoms with van der Waals surface area (Å²) in [6.45, 7) is 0. The molecule has 0 aromatic carbocycles. The summed E-state index contributed by atoms with van der Waals surface area (Å²) in [6.07, 6.45) is 8.09. The molecule has 0 radical (unpaired) electrons. The van der Waals surface area contributed by atoms with E-state index in [1.807, 2.05) is 13.1 Å². The van der Waals surface area contributed by atoms with Crippen molar-refractivity contribution in [1.29, 1.82) is 0 Å². The zero-order valence-electron chi connectivity index (χ0n) is 9.48. The average Bonchev–Trinajstić information content (AvgIpc) is 2.86. The molecule has 0 unspecified atom stereocenters. The molecule has 4 nitrogen and oxygen atoms in total. The van der Waals surface area contributed by atoms with Crippen LogP contribution in [-0.2, 0) is 12.6 Å². The van der Waals surface area contributed by atoms with E-state index in [-0.39, 0.29) is 5.54 Å². The molecule has 84 valence electrons. The van der Waals surface area contributed by atoms with Gasteiger partial charge in [-0.05, 0) is 18.9 Å². The van der Waals surface area contributed by atoms with Gasteiger partial charge in [0.05, 0.1) is 17.3 Å². The summed E-state index contributed by atoms with van der Waals surface area (Å²) < 4.78 is 2.11. The third-order valence-electron chi connectivity index (χ3n) is 3.62. The second-order valence-electron chi connectivity index (χ2n) is 4.72. The third kappa shape index (κ3) is 1.26. The van der Waals surface area contributed by atoms with Crippen molar-refractivity contribution < 1.29 is 0 Å². The van der Waals surface area contributed by atoms with Gasteiger partial charge in [0.2, 0.25) is 0 Å². The van der Waals surface area contributed by atoms with Gasteiger partial charge in [0, 0.05) is 13.2 Å². The molecule has 1 aliphatic rings. The average molecular weight is 216 g/mol. The highest BCUT2D eigenvalue weighted by Gasteiger charge is 2.35. The van der Waals surface area contributed by atoms with Crippen molar-refractivity contribution in [1.82, 2.24) is 14.5 Å². The first-order valence-electron chi connectivity index (χ1n) is 5.76. The van der Waals surface area contributed by atoms with E-state index in [2.05, 4.69) is 14.5 Å². The number of aryl methyl sites for hydroxylation is 1. The summed E-state index contributed by atoms with van der Waals surface area (Å²) in [7, 11) is 2.04. The van der Waals surface area contributed by atoms with Gasteiger partial charge >= 0.3 is 0 Å². The Balaban J connectivity index is 2.20. The summed E-state index contributed by atoms with van der Waals surface area (Å²) in [5, 5.41) is 0. The Hall–Kier alpha value is -1.42.